The largest absolute Gasteiger partial charge is 0.444 e. The van der Waals surface area contributed by atoms with Crippen LogP contribution >= 0.6 is 0 Å². The fourth-order valence-corrected chi connectivity index (χ4v) is 5.16. The molecule has 2 rings (SSSR count). The number of ether oxygens (including phenoxy) is 1. The van der Waals surface area contributed by atoms with Crippen LogP contribution in [0.5, 0.6) is 0 Å². The molecule has 238 valence electrons. The minimum absolute atomic E-state index is 0.194. The molecule has 0 bridgehead atoms. The van der Waals surface area contributed by atoms with E-state index in [0.717, 1.165) is 68.1 Å². The van der Waals surface area contributed by atoms with E-state index in [1.165, 1.54) is 6.42 Å². The second-order valence-corrected chi connectivity index (χ2v) is 12.4. The Hall–Kier alpha value is -3.35. The smallest absolute Gasteiger partial charge is 0.408 e. The molecule has 0 aromatic heterocycles. The minimum atomic E-state index is -0.906. The topological polar surface area (TPSA) is 87.7 Å². The van der Waals surface area contributed by atoms with Crippen molar-refractivity contribution in [2.75, 3.05) is 13.1 Å². The van der Waals surface area contributed by atoms with Crippen molar-refractivity contribution >= 4 is 17.9 Å². The van der Waals surface area contributed by atoms with Crippen molar-refractivity contribution in [1.82, 2.24) is 15.5 Å². The lowest BCUT2D eigenvalue weighted by molar-refractivity contribution is -0.142. The number of unbranched alkanes of at least 4 members (excludes halogenated alkanes) is 7. The summed E-state index contributed by atoms with van der Waals surface area (Å²) in [5.74, 6) is -0.485. The number of nitrogens with one attached hydrogen (secondary N) is 2. The molecule has 0 aliphatic carbocycles. The Bertz CT molecular complexity index is 1110. The molecule has 2 aromatic carbocycles. The summed E-state index contributed by atoms with van der Waals surface area (Å²) in [6.07, 6.45) is 8.90. The van der Waals surface area contributed by atoms with Crippen molar-refractivity contribution in [3.63, 3.8) is 0 Å². The Labute approximate surface area is 260 Å². The molecule has 2 aromatic rings. The van der Waals surface area contributed by atoms with E-state index < -0.39 is 23.8 Å². The molecular formula is C36H55N3O4. The lowest BCUT2D eigenvalue weighted by Gasteiger charge is -2.35. The molecule has 43 heavy (non-hydrogen) atoms. The third kappa shape index (κ3) is 13.2. The SMILES string of the molecule is CCCCCCCCN(C(=O)C(Cc1ccccc1)NC(=O)OC(C)(C)C)C(C(=O)NCCCCC)c1ccccc1C. The van der Waals surface area contributed by atoms with E-state index in [-0.39, 0.29) is 18.2 Å². The standard InChI is InChI=1S/C36H55N3O4/c1-7-9-11-12-13-20-26-39(32(30-24-18-17-21-28(30)3)33(40)37-25-19-10-8-2)34(41)31(27-29-22-15-14-16-23-29)38-35(42)43-36(4,5)6/h14-18,21-24,31-32H,7-13,19-20,25-27H2,1-6H3,(H,37,40)(H,38,42). The molecule has 7 nitrogen and oxygen atoms in total. The number of benzene rings is 2. The van der Waals surface area contributed by atoms with Crippen molar-refractivity contribution in [3.8, 4) is 0 Å². The first-order chi connectivity index (χ1) is 20.6. The second-order valence-electron chi connectivity index (χ2n) is 12.4. The van der Waals surface area contributed by atoms with E-state index in [2.05, 4.69) is 24.5 Å². The first-order valence-corrected chi connectivity index (χ1v) is 16.2. The Morgan fingerprint density at radius 1 is 0.814 bits per heavy atom. The summed E-state index contributed by atoms with van der Waals surface area (Å²) in [4.78, 5) is 43.2. The Balaban J connectivity index is 2.49. The van der Waals surface area contributed by atoms with E-state index in [1.807, 2.05) is 61.5 Å². The summed E-state index contributed by atoms with van der Waals surface area (Å²) in [6.45, 7) is 12.6. The van der Waals surface area contributed by atoms with Gasteiger partial charge in [-0.05, 0) is 57.2 Å². The van der Waals surface area contributed by atoms with Gasteiger partial charge >= 0.3 is 6.09 Å². The van der Waals surface area contributed by atoms with Crippen LogP contribution in [0.15, 0.2) is 54.6 Å². The number of nitrogens with zero attached hydrogens (tertiary/aromatic N) is 1. The van der Waals surface area contributed by atoms with Gasteiger partial charge in [0.05, 0.1) is 0 Å². The summed E-state index contributed by atoms with van der Waals surface area (Å²) in [6, 6.07) is 15.7. The van der Waals surface area contributed by atoms with E-state index >= 15 is 0 Å². The van der Waals surface area contributed by atoms with E-state index in [4.69, 9.17) is 4.74 Å². The van der Waals surface area contributed by atoms with Gasteiger partial charge in [0.25, 0.3) is 0 Å². The Morgan fingerprint density at radius 2 is 1.42 bits per heavy atom. The fraction of sp³-hybridized carbons (Fsp3) is 0.583. The monoisotopic (exact) mass is 593 g/mol. The van der Waals surface area contributed by atoms with Crippen LogP contribution in [0.2, 0.25) is 0 Å². The quantitative estimate of drug-likeness (QED) is 0.174. The first kappa shape index (κ1) is 35.8. The lowest BCUT2D eigenvalue weighted by Crippen LogP contribution is -2.54. The van der Waals surface area contributed by atoms with Gasteiger partial charge in [0, 0.05) is 19.5 Å². The van der Waals surface area contributed by atoms with Crippen LogP contribution in [0.1, 0.15) is 115 Å². The normalized spacial score (nSPS) is 12.7. The predicted octanol–water partition coefficient (Wildman–Crippen LogP) is 7.67. The van der Waals surface area contributed by atoms with Gasteiger partial charge in [-0.2, -0.15) is 0 Å². The highest BCUT2D eigenvalue weighted by atomic mass is 16.6. The molecule has 0 aliphatic heterocycles. The third-order valence-corrected chi connectivity index (χ3v) is 7.43. The molecule has 0 heterocycles. The zero-order valence-electron chi connectivity index (χ0n) is 27.4. The highest BCUT2D eigenvalue weighted by molar-refractivity contribution is 5.92. The van der Waals surface area contributed by atoms with Crippen LogP contribution in [0, 0.1) is 6.92 Å². The first-order valence-electron chi connectivity index (χ1n) is 16.2. The number of hydrogen-bond donors (Lipinski definition) is 2. The summed E-state index contributed by atoms with van der Waals surface area (Å²) >= 11 is 0. The van der Waals surface area contributed by atoms with E-state index in [9.17, 15) is 14.4 Å². The van der Waals surface area contributed by atoms with Crippen LogP contribution in [0.4, 0.5) is 4.79 Å². The van der Waals surface area contributed by atoms with Gasteiger partial charge in [-0.15, -0.1) is 0 Å². The molecule has 3 amide bonds. The van der Waals surface area contributed by atoms with Crippen LogP contribution in [0.3, 0.4) is 0 Å². The van der Waals surface area contributed by atoms with Crippen LogP contribution in [-0.4, -0.2) is 47.5 Å². The molecule has 0 saturated heterocycles. The molecule has 0 saturated carbocycles. The van der Waals surface area contributed by atoms with Gasteiger partial charge in [0.1, 0.15) is 17.7 Å². The van der Waals surface area contributed by atoms with Crippen molar-refractivity contribution < 1.29 is 19.1 Å². The minimum Gasteiger partial charge on any atom is -0.444 e. The molecule has 2 atom stereocenters. The molecular weight excluding hydrogens is 538 g/mol. The van der Waals surface area contributed by atoms with Crippen molar-refractivity contribution in [2.45, 2.75) is 123 Å². The van der Waals surface area contributed by atoms with Crippen molar-refractivity contribution in [2.24, 2.45) is 0 Å². The maximum absolute atomic E-state index is 14.6. The van der Waals surface area contributed by atoms with Gasteiger partial charge in [0.15, 0.2) is 0 Å². The van der Waals surface area contributed by atoms with Crippen LogP contribution in [-0.2, 0) is 20.7 Å². The predicted molar refractivity (Wildman–Crippen MR) is 175 cm³/mol. The zero-order valence-corrected chi connectivity index (χ0v) is 27.4. The number of carbonyl (C=O) groups excluding carboxylic acids is 3. The highest BCUT2D eigenvalue weighted by Gasteiger charge is 2.36. The van der Waals surface area contributed by atoms with Crippen molar-refractivity contribution in [1.29, 1.82) is 0 Å². The van der Waals surface area contributed by atoms with Gasteiger partial charge in [-0.3, -0.25) is 9.59 Å². The van der Waals surface area contributed by atoms with Gasteiger partial charge in [-0.1, -0.05) is 113 Å². The molecule has 7 heteroatoms. The number of amides is 3. The highest BCUT2D eigenvalue weighted by Crippen LogP contribution is 2.27. The van der Waals surface area contributed by atoms with E-state index in [0.29, 0.717) is 13.1 Å². The molecule has 0 spiro atoms. The zero-order chi connectivity index (χ0) is 31.7. The van der Waals surface area contributed by atoms with Crippen LogP contribution in [0.25, 0.3) is 0 Å². The molecule has 0 aliphatic rings. The lowest BCUT2D eigenvalue weighted by atomic mass is 9.96. The van der Waals surface area contributed by atoms with Gasteiger partial charge < -0.3 is 20.3 Å². The van der Waals surface area contributed by atoms with Gasteiger partial charge in [-0.25, -0.2) is 4.79 Å². The number of aryl methyl sites for hydroxylation is 1. The number of carbonyl (C=O) groups is 3. The molecule has 2 N–H and O–H groups in total. The Kier molecular flexibility index (Phi) is 15.9. The van der Waals surface area contributed by atoms with Gasteiger partial charge in [0.2, 0.25) is 11.8 Å². The van der Waals surface area contributed by atoms with E-state index in [1.54, 1.807) is 25.7 Å². The molecule has 0 radical (unpaired) electrons. The Morgan fingerprint density at radius 3 is 2.07 bits per heavy atom. The van der Waals surface area contributed by atoms with Crippen molar-refractivity contribution in [3.05, 3.63) is 71.3 Å². The fourth-order valence-electron chi connectivity index (χ4n) is 5.16. The number of rotatable bonds is 18. The third-order valence-electron chi connectivity index (χ3n) is 7.43. The summed E-state index contributed by atoms with van der Waals surface area (Å²) in [5.41, 5.74) is 1.93. The average Bonchev–Trinajstić information content (AvgIpc) is 2.96. The number of alkyl carbamates (subject to hydrolysis) is 1. The summed E-state index contributed by atoms with van der Waals surface area (Å²) < 4.78 is 5.56. The molecule has 2 unspecified atom stereocenters. The summed E-state index contributed by atoms with van der Waals surface area (Å²) in [5, 5.41) is 5.97. The second kappa shape index (κ2) is 19.0. The number of hydrogen-bond acceptors (Lipinski definition) is 4. The average molecular weight is 594 g/mol. The maximum atomic E-state index is 14.6. The molecule has 0 fully saturated rings. The summed E-state index contributed by atoms with van der Waals surface area (Å²) in [7, 11) is 0. The maximum Gasteiger partial charge on any atom is 0.408 e. The van der Waals surface area contributed by atoms with Crippen LogP contribution < -0.4 is 10.6 Å².